The molecule has 1 rings (SSSR count). The number of rotatable bonds is 6. The molecule has 0 bridgehead atoms. The third-order valence-electron chi connectivity index (χ3n) is 1.68. The molecule has 0 saturated carbocycles. The Morgan fingerprint density at radius 3 is 2.86 bits per heavy atom. The zero-order valence-electron chi connectivity index (χ0n) is 8.49. The van der Waals surface area contributed by atoms with Gasteiger partial charge < -0.3 is 9.15 Å². The van der Waals surface area contributed by atoms with Crippen LogP contribution in [0.1, 0.15) is 43.3 Å². The second-order valence-electron chi connectivity index (χ2n) is 2.96. The van der Waals surface area contributed by atoms with Crippen LogP contribution >= 0.6 is 15.9 Å². The molecule has 14 heavy (non-hydrogen) atoms. The van der Waals surface area contributed by atoms with Crippen LogP contribution in [0.25, 0.3) is 0 Å². The minimum Gasteiger partial charge on any atom is -0.422 e. The highest BCUT2D eigenvalue weighted by atomic mass is 79.9. The molecule has 0 aliphatic carbocycles. The van der Waals surface area contributed by atoms with Gasteiger partial charge in [0.1, 0.15) is 6.61 Å². The summed E-state index contributed by atoms with van der Waals surface area (Å²) in [5.41, 5.74) is 0. The molecular weight excluding hydrogens is 248 g/mol. The van der Waals surface area contributed by atoms with E-state index in [4.69, 9.17) is 9.15 Å². The molecule has 1 aromatic rings. The monoisotopic (exact) mass is 262 g/mol. The van der Waals surface area contributed by atoms with Crippen molar-refractivity contribution in [1.29, 1.82) is 0 Å². The SMILES string of the molecule is CCCOCc1nnc(C(Br)CC)o1. The van der Waals surface area contributed by atoms with Crippen molar-refractivity contribution in [3.63, 3.8) is 0 Å². The van der Waals surface area contributed by atoms with Crippen molar-refractivity contribution in [2.75, 3.05) is 6.61 Å². The Morgan fingerprint density at radius 1 is 1.43 bits per heavy atom. The number of aromatic nitrogens is 2. The van der Waals surface area contributed by atoms with Crippen LogP contribution in [0.4, 0.5) is 0 Å². The average Bonchev–Trinajstić information content (AvgIpc) is 2.66. The van der Waals surface area contributed by atoms with E-state index < -0.39 is 0 Å². The van der Waals surface area contributed by atoms with Gasteiger partial charge in [-0.1, -0.05) is 29.8 Å². The lowest BCUT2D eigenvalue weighted by Crippen LogP contribution is -1.93. The van der Waals surface area contributed by atoms with Crippen molar-refractivity contribution in [2.24, 2.45) is 0 Å². The summed E-state index contributed by atoms with van der Waals surface area (Å²) in [5.74, 6) is 1.17. The molecule has 1 unspecified atom stereocenters. The van der Waals surface area contributed by atoms with Crippen LogP contribution in [-0.2, 0) is 11.3 Å². The predicted molar refractivity (Wildman–Crippen MR) is 56.2 cm³/mol. The van der Waals surface area contributed by atoms with Crippen molar-refractivity contribution in [3.8, 4) is 0 Å². The van der Waals surface area contributed by atoms with E-state index in [1.807, 2.05) is 0 Å². The van der Waals surface area contributed by atoms with Crippen LogP contribution < -0.4 is 0 Å². The first-order valence-corrected chi connectivity index (χ1v) is 5.73. The van der Waals surface area contributed by atoms with E-state index in [0.717, 1.165) is 19.4 Å². The minimum atomic E-state index is 0.148. The standard InChI is InChI=1S/C9H15BrN2O2/c1-3-5-13-6-8-11-12-9(14-8)7(10)4-2/h7H,3-6H2,1-2H3. The fourth-order valence-electron chi connectivity index (χ4n) is 0.930. The summed E-state index contributed by atoms with van der Waals surface area (Å²) < 4.78 is 10.7. The van der Waals surface area contributed by atoms with E-state index in [1.165, 1.54) is 0 Å². The van der Waals surface area contributed by atoms with Gasteiger partial charge in [-0.05, 0) is 12.8 Å². The van der Waals surface area contributed by atoms with Gasteiger partial charge in [0.05, 0.1) is 4.83 Å². The third-order valence-corrected chi connectivity index (χ3v) is 2.72. The van der Waals surface area contributed by atoms with Crippen LogP contribution in [0.15, 0.2) is 4.42 Å². The predicted octanol–water partition coefficient (Wildman–Crippen LogP) is 2.84. The summed E-state index contributed by atoms with van der Waals surface area (Å²) >= 11 is 3.44. The van der Waals surface area contributed by atoms with Gasteiger partial charge in [0.2, 0.25) is 11.8 Å². The van der Waals surface area contributed by atoms with Crippen molar-refractivity contribution in [2.45, 2.75) is 38.1 Å². The van der Waals surface area contributed by atoms with E-state index in [1.54, 1.807) is 0 Å². The first-order valence-electron chi connectivity index (χ1n) is 4.82. The molecule has 0 fully saturated rings. The van der Waals surface area contributed by atoms with E-state index in [2.05, 4.69) is 40.0 Å². The number of ether oxygens (including phenoxy) is 1. The minimum absolute atomic E-state index is 0.148. The van der Waals surface area contributed by atoms with Gasteiger partial charge in [0.25, 0.3) is 0 Å². The molecule has 0 aromatic carbocycles. The van der Waals surface area contributed by atoms with Crippen molar-refractivity contribution in [3.05, 3.63) is 11.8 Å². The zero-order valence-corrected chi connectivity index (χ0v) is 10.1. The number of hydrogen-bond acceptors (Lipinski definition) is 4. The summed E-state index contributed by atoms with van der Waals surface area (Å²) in [6, 6.07) is 0. The molecule has 0 aliphatic heterocycles. The van der Waals surface area contributed by atoms with E-state index in [0.29, 0.717) is 18.4 Å². The number of halogens is 1. The van der Waals surface area contributed by atoms with Gasteiger partial charge in [-0.2, -0.15) is 0 Å². The lowest BCUT2D eigenvalue weighted by Gasteiger charge is -1.98. The largest absolute Gasteiger partial charge is 0.422 e. The third kappa shape index (κ3) is 3.38. The fraction of sp³-hybridized carbons (Fsp3) is 0.778. The normalized spacial score (nSPS) is 13.1. The Kier molecular flexibility index (Phi) is 5.11. The summed E-state index contributed by atoms with van der Waals surface area (Å²) in [4.78, 5) is 0.148. The summed E-state index contributed by atoms with van der Waals surface area (Å²) in [7, 11) is 0. The smallest absolute Gasteiger partial charge is 0.242 e. The Bertz CT molecular complexity index is 265. The Labute approximate surface area is 92.2 Å². The van der Waals surface area contributed by atoms with Gasteiger partial charge in [-0.15, -0.1) is 10.2 Å². The highest BCUT2D eigenvalue weighted by Gasteiger charge is 2.13. The van der Waals surface area contributed by atoms with E-state index in [9.17, 15) is 0 Å². The highest BCUT2D eigenvalue weighted by Crippen LogP contribution is 2.24. The maximum Gasteiger partial charge on any atom is 0.242 e. The zero-order chi connectivity index (χ0) is 10.4. The maximum absolute atomic E-state index is 5.39. The summed E-state index contributed by atoms with van der Waals surface area (Å²) in [6.45, 7) is 5.25. The summed E-state index contributed by atoms with van der Waals surface area (Å²) in [5, 5.41) is 7.81. The summed E-state index contributed by atoms with van der Waals surface area (Å²) in [6.07, 6.45) is 1.93. The molecule has 0 radical (unpaired) electrons. The first-order chi connectivity index (χ1) is 6.77. The fourth-order valence-corrected chi connectivity index (χ4v) is 1.11. The first kappa shape index (κ1) is 11.7. The van der Waals surface area contributed by atoms with Gasteiger partial charge in [0, 0.05) is 6.61 Å². The molecule has 0 aliphatic rings. The molecule has 1 aromatic heterocycles. The number of hydrogen-bond donors (Lipinski definition) is 0. The Morgan fingerprint density at radius 2 is 2.21 bits per heavy atom. The molecule has 0 N–H and O–H groups in total. The molecule has 0 amide bonds. The maximum atomic E-state index is 5.39. The Balaban J connectivity index is 2.42. The van der Waals surface area contributed by atoms with Crippen molar-refractivity contribution in [1.82, 2.24) is 10.2 Å². The van der Waals surface area contributed by atoms with E-state index in [-0.39, 0.29) is 4.83 Å². The van der Waals surface area contributed by atoms with Gasteiger partial charge in [-0.25, -0.2) is 0 Å². The number of alkyl halides is 1. The van der Waals surface area contributed by atoms with Gasteiger partial charge >= 0.3 is 0 Å². The Hall–Kier alpha value is -0.420. The molecule has 1 heterocycles. The van der Waals surface area contributed by atoms with Crippen LogP contribution in [0.2, 0.25) is 0 Å². The quantitative estimate of drug-likeness (QED) is 0.585. The van der Waals surface area contributed by atoms with Crippen LogP contribution in [0, 0.1) is 0 Å². The lowest BCUT2D eigenvalue weighted by molar-refractivity contribution is 0.102. The van der Waals surface area contributed by atoms with Crippen LogP contribution in [0.5, 0.6) is 0 Å². The van der Waals surface area contributed by atoms with Gasteiger partial charge in [0.15, 0.2) is 0 Å². The molecule has 5 heteroatoms. The second-order valence-corrected chi connectivity index (χ2v) is 4.07. The molecule has 0 saturated heterocycles. The average molecular weight is 263 g/mol. The molecule has 4 nitrogen and oxygen atoms in total. The molecule has 0 spiro atoms. The lowest BCUT2D eigenvalue weighted by atomic mass is 10.3. The van der Waals surface area contributed by atoms with Crippen molar-refractivity contribution >= 4 is 15.9 Å². The van der Waals surface area contributed by atoms with Gasteiger partial charge in [-0.3, -0.25) is 0 Å². The van der Waals surface area contributed by atoms with E-state index >= 15 is 0 Å². The molecular formula is C9H15BrN2O2. The van der Waals surface area contributed by atoms with Crippen LogP contribution in [-0.4, -0.2) is 16.8 Å². The topological polar surface area (TPSA) is 48.2 Å². The van der Waals surface area contributed by atoms with Crippen molar-refractivity contribution < 1.29 is 9.15 Å². The van der Waals surface area contributed by atoms with Crippen LogP contribution in [0.3, 0.4) is 0 Å². The second kappa shape index (κ2) is 6.14. The highest BCUT2D eigenvalue weighted by molar-refractivity contribution is 9.09. The number of nitrogens with zero attached hydrogens (tertiary/aromatic N) is 2. The molecule has 80 valence electrons. The molecule has 1 atom stereocenters.